The SMILES string of the molecule is CONC(=O)C(=O)[C@@H](CC(=O)[C@H](CC1CC1)NC(=O)c1cccc(OC)c1)Cc1ccccc1. The normalized spacial score (nSPS) is 14.5. The van der Waals surface area contributed by atoms with E-state index in [1.165, 1.54) is 14.2 Å². The molecule has 1 fully saturated rings. The van der Waals surface area contributed by atoms with Gasteiger partial charge in [-0.2, -0.15) is 0 Å². The largest absolute Gasteiger partial charge is 0.497 e. The molecule has 0 aromatic heterocycles. The van der Waals surface area contributed by atoms with Crippen molar-refractivity contribution in [3.8, 4) is 5.75 Å². The number of nitrogens with one attached hydrogen (secondary N) is 2. The molecule has 8 heteroatoms. The summed E-state index contributed by atoms with van der Waals surface area (Å²) in [4.78, 5) is 55.7. The minimum absolute atomic E-state index is 0.166. The Balaban J connectivity index is 1.76. The third-order valence-corrected chi connectivity index (χ3v) is 5.85. The van der Waals surface area contributed by atoms with Crippen molar-refractivity contribution in [3.05, 3.63) is 65.7 Å². The molecule has 3 rings (SSSR count). The number of methoxy groups -OCH3 is 1. The lowest BCUT2D eigenvalue weighted by Gasteiger charge is -2.21. The minimum atomic E-state index is -0.907. The first-order chi connectivity index (χ1) is 16.4. The molecule has 0 radical (unpaired) electrons. The molecular weight excluding hydrogens is 436 g/mol. The van der Waals surface area contributed by atoms with Crippen LogP contribution in [-0.2, 0) is 25.6 Å². The van der Waals surface area contributed by atoms with Crippen LogP contribution < -0.4 is 15.5 Å². The standard InChI is InChI=1S/C26H30N2O6/c1-33-21-10-6-9-19(15-21)25(31)27-22(14-18-11-12-18)23(29)16-20(24(30)26(32)28-34-2)13-17-7-4-3-5-8-17/h3-10,15,18,20,22H,11-14,16H2,1-2H3,(H,27,31)(H,28,32)/t20-,22+/m1/s1. The summed E-state index contributed by atoms with van der Waals surface area (Å²) in [5.41, 5.74) is 3.25. The molecule has 2 aromatic rings. The van der Waals surface area contributed by atoms with Crippen LogP contribution in [0.25, 0.3) is 0 Å². The fourth-order valence-electron chi connectivity index (χ4n) is 3.83. The van der Waals surface area contributed by atoms with E-state index in [1.807, 2.05) is 35.8 Å². The van der Waals surface area contributed by atoms with Crippen LogP contribution in [0, 0.1) is 11.8 Å². The van der Waals surface area contributed by atoms with Gasteiger partial charge in [-0.25, -0.2) is 5.48 Å². The molecule has 2 N–H and O–H groups in total. The molecular formula is C26H30N2O6. The summed E-state index contributed by atoms with van der Waals surface area (Å²) < 4.78 is 5.18. The Morgan fingerprint density at radius 2 is 1.74 bits per heavy atom. The van der Waals surface area contributed by atoms with Crippen molar-refractivity contribution in [2.24, 2.45) is 11.8 Å². The van der Waals surface area contributed by atoms with Gasteiger partial charge in [-0.05, 0) is 42.5 Å². The molecule has 0 saturated heterocycles. The van der Waals surface area contributed by atoms with Crippen molar-refractivity contribution < 1.29 is 28.8 Å². The number of Topliss-reactive ketones (excluding diaryl/α,β-unsaturated/α-hetero) is 2. The van der Waals surface area contributed by atoms with Crippen LogP contribution >= 0.6 is 0 Å². The summed E-state index contributed by atoms with van der Waals surface area (Å²) in [5.74, 6) is -2.28. The lowest BCUT2D eigenvalue weighted by molar-refractivity contribution is -0.147. The Kier molecular flexibility index (Phi) is 8.93. The van der Waals surface area contributed by atoms with Crippen LogP contribution in [0.1, 0.15) is 41.6 Å². The topological polar surface area (TPSA) is 111 Å². The third-order valence-electron chi connectivity index (χ3n) is 5.85. The highest BCUT2D eigenvalue weighted by Crippen LogP contribution is 2.34. The third kappa shape index (κ3) is 7.25. The van der Waals surface area contributed by atoms with Gasteiger partial charge >= 0.3 is 5.91 Å². The summed E-state index contributed by atoms with van der Waals surface area (Å²) in [6, 6.07) is 15.1. The van der Waals surface area contributed by atoms with Crippen LogP contribution in [0.2, 0.25) is 0 Å². The van der Waals surface area contributed by atoms with Gasteiger partial charge in [0.25, 0.3) is 5.91 Å². The lowest BCUT2D eigenvalue weighted by atomic mass is 9.87. The van der Waals surface area contributed by atoms with Gasteiger partial charge in [0, 0.05) is 17.9 Å². The highest BCUT2D eigenvalue weighted by molar-refractivity contribution is 6.37. The molecule has 180 valence electrons. The number of carbonyl (C=O) groups is 4. The number of carbonyl (C=O) groups excluding carboxylic acids is 4. The van der Waals surface area contributed by atoms with E-state index in [0.717, 1.165) is 18.4 Å². The van der Waals surface area contributed by atoms with Gasteiger partial charge in [-0.15, -0.1) is 0 Å². The Bertz CT molecular complexity index is 1020. The number of hydrogen-bond donors (Lipinski definition) is 2. The quantitative estimate of drug-likeness (QED) is 0.347. The Hall–Kier alpha value is -3.52. The number of hydroxylamine groups is 1. The molecule has 8 nitrogen and oxygen atoms in total. The van der Waals surface area contributed by atoms with Gasteiger partial charge in [-0.1, -0.05) is 49.2 Å². The van der Waals surface area contributed by atoms with E-state index in [1.54, 1.807) is 24.3 Å². The zero-order chi connectivity index (χ0) is 24.5. The number of amides is 2. The molecule has 0 bridgehead atoms. The molecule has 0 unspecified atom stereocenters. The van der Waals surface area contributed by atoms with Crippen LogP contribution in [0.3, 0.4) is 0 Å². The Morgan fingerprint density at radius 1 is 1.00 bits per heavy atom. The van der Waals surface area contributed by atoms with Crippen molar-refractivity contribution in [1.82, 2.24) is 10.8 Å². The minimum Gasteiger partial charge on any atom is -0.497 e. The van der Waals surface area contributed by atoms with Crippen molar-refractivity contribution in [2.45, 2.75) is 38.1 Å². The second-order valence-electron chi connectivity index (χ2n) is 8.49. The molecule has 1 saturated carbocycles. The molecule has 0 aliphatic heterocycles. The van der Waals surface area contributed by atoms with Crippen molar-refractivity contribution in [2.75, 3.05) is 14.2 Å². The van der Waals surface area contributed by atoms with Crippen LogP contribution in [-0.4, -0.2) is 43.6 Å². The highest BCUT2D eigenvalue weighted by atomic mass is 16.6. The average Bonchev–Trinajstić information content (AvgIpc) is 3.67. The van der Waals surface area contributed by atoms with Crippen LogP contribution in [0.5, 0.6) is 5.75 Å². The second kappa shape index (κ2) is 12.1. The second-order valence-corrected chi connectivity index (χ2v) is 8.49. The van der Waals surface area contributed by atoms with Crippen molar-refractivity contribution in [1.29, 1.82) is 0 Å². The molecule has 34 heavy (non-hydrogen) atoms. The van der Waals surface area contributed by atoms with Gasteiger partial charge < -0.3 is 10.1 Å². The lowest BCUT2D eigenvalue weighted by Crippen LogP contribution is -2.43. The Labute approximate surface area is 199 Å². The van der Waals surface area contributed by atoms with Crippen LogP contribution in [0.4, 0.5) is 0 Å². The fraction of sp³-hybridized carbons (Fsp3) is 0.385. The van der Waals surface area contributed by atoms with Gasteiger partial charge in [0.05, 0.1) is 20.3 Å². The van der Waals surface area contributed by atoms with Gasteiger partial charge in [0.1, 0.15) is 5.75 Å². The molecule has 0 spiro atoms. The maximum Gasteiger partial charge on any atom is 0.311 e. The van der Waals surface area contributed by atoms with E-state index in [-0.39, 0.29) is 24.5 Å². The van der Waals surface area contributed by atoms with E-state index >= 15 is 0 Å². The maximum atomic E-state index is 13.3. The van der Waals surface area contributed by atoms with Crippen molar-refractivity contribution in [3.63, 3.8) is 0 Å². The highest BCUT2D eigenvalue weighted by Gasteiger charge is 2.34. The number of benzene rings is 2. The van der Waals surface area contributed by atoms with E-state index in [2.05, 4.69) is 10.2 Å². The van der Waals surface area contributed by atoms with Gasteiger partial charge in [-0.3, -0.25) is 24.0 Å². The molecule has 2 atom stereocenters. The molecule has 1 aliphatic carbocycles. The first kappa shape index (κ1) is 25.1. The molecule has 1 aliphatic rings. The number of ketones is 2. The number of rotatable bonds is 13. The summed E-state index contributed by atoms with van der Waals surface area (Å²) in [7, 11) is 2.75. The van der Waals surface area contributed by atoms with Crippen molar-refractivity contribution >= 4 is 23.4 Å². The summed E-state index contributed by atoms with van der Waals surface area (Å²) in [6.07, 6.45) is 2.57. The first-order valence-corrected chi connectivity index (χ1v) is 11.3. The molecule has 2 amide bonds. The monoisotopic (exact) mass is 466 g/mol. The van der Waals surface area contributed by atoms with E-state index in [0.29, 0.717) is 23.7 Å². The van der Waals surface area contributed by atoms with Crippen LogP contribution in [0.15, 0.2) is 54.6 Å². The fourth-order valence-corrected chi connectivity index (χ4v) is 3.83. The van der Waals surface area contributed by atoms with Gasteiger partial charge in [0.2, 0.25) is 5.78 Å². The zero-order valence-electron chi connectivity index (χ0n) is 19.4. The first-order valence-electron chi connectivity index (χ1n) is 11.3. The Morgan fingerprint density at radius 3 is 2.38 bits per heavy atom. The number of hydrogen-bond acceptors (Lipinski definition) is 6. The predicted molar refractivity (Wildman–Crippen MR) is 125 cm³/mol. The summed E-state index contributed by atoms with van der Waals surface area (Å²) in [5, 5.41) is 2.84. The van der Waals surface area contributed by atoms with E-state index in [9.17, 15) is 19.2 Å². The molecule has 0 heterocycles. The smallest absolute Gasteiger partial charge is 0.311 e. The predicted octanol–water partition coefficient (Wildman–Crippen LogP) is 2.66. The van der Waals surface area contributed by atoms with E-state index in [4.69, 9.17) is 4.74 Å². The summed E-state index contributed by atoms with van der Waals surface area (Å²) in [6.45, 7) is 0. The number of ether oxygens (including phenoxy) is 1. The average molecular weight is 467 g/mol. The molecule has 2 aromatic carbocycles. The zero-order valence-corrected chi connectivity index (χ0v) is 19.4. The van der Waals surface area contributed by atoms with E-state index < -0.39 is 23.7 Å². The maximum absolute atomic E-state index is 13.3. The van der Waals surface area contributed by atoms with Gasteiger partial charge in [0.15, 0.2) is 5.78 Å². The summed E-state index contributed by atoms with van der Waals surface area (Å²) >= 11 is 0.